The number of Topliss-reactive ketones (excluding diaryl/α,β-unsaturated/α-hetero) is 1. The van der Waals surface area contributed by atoms with Gasteiger partial charge < -0.3 is 26.2 Å². The second kappa shape index (κ2) is 26.1. The second-order valence-electron chi connectivity index (χ2n) is 10.9. The van der Waals surface area contributed by atoms with Crippen LogP contribution in [0.25, 0.3) is 0 Å². The minimum absolute atomic E-state index is 0.257. The molecule has 1 unspecified atom stereocenters. The summed E-state index contributed by atoms with van der Waals surface area (Å²) in [5.74, 6) is -0.344. The normalized spacial score (nSPS) is 15.1. The maximum absolute atomic E-state index is 12.3. The molecule has 0 aromatic rings. The van der Waals surface area contributed by atoms with E-state index in [4.69, 9.17) is 10.8 Å². The van der Waals surface area contributed by atoms with E-state index >= 15 is 0 Å². The van der Waals surface area contributed by atoms with Gasteiger partial charge in [0.2, 0.25) is 0 Å². The standard InChI is InChI=1S/C30H61NO5/c1-2-3-4-5-6-7-8-9-11-14-17-20-23-26(33)29(35)28(31)30(36)27(34)24-21-18-15-12-10-13-16-19-22-25-32/h26,28-30,32-33,35-36H,2-25,31H2,1H3/t26-,28-,29-,30?/m1/s1. The first kappa shape index (κ1) is 35.5. The zero-order chi connectivity index (χ0) is 26.9. The fourth-order valence-corrected chi connectivity index (χ4v) is 4.82. The third kappa shape index (κ3) is 20.5. The molecular formula is C30H61NO5. The lowest BCUT2D eigenvalue weighted by molar-refractivity contribution is -0.131. The van der Waals surface area contributed by atoms with E-state index < -0.39 is 24.4 Å². The fourth-order valence-electron chi connectivity index (χ4n) is 4.82. The summed E-state index contributed by atoms with van der Waals surface area (Å²) in [5, 5.41) is 39.6. The Hall–Kier alpha value is -0.530. The van der Waals surface area contributed by atoms with Crippen molar-refractivity contribution in [1.29, 1.82) is 0 Å². The highest BCUT2D eigenvalue weighted by Gasteiger charge is 2.32. The van der Waals surface area contributed by atoms with E-state index in [9.17, 15) is 20.1 Å². The highest BCUT2D eigenvalue weighted by molar-refractivity contribution is 5.83. The molecular weight excluding hydrogens is 454 g/mol. The molecule has 6 N–H and O–H groups in total. The van der Waals surface area contributed by atoms with Crippen molar-refractivity contribution in [2.45, 2.75) is 179 Å². The van der Waals surface area contributed by atoms with Gasteiger partial charge in [-0.1, -0.05) is 129 Å². The molecule has 216 valence electrons. The van der Waals surface area contributed by atoms with E-state index in [0.717, 1.165) is 57.8 Å². The molecule has 0 aliphatic carbocycles. The van der Waals surface area contributed by atoms with Gasteiger partial charge in [0.05, 0.1) is 18.2 Å². The molecule has 36 heavy (non-hydrogen) atoms. The molecule has 6 heteroatoms. The number of rotatable bonds is 28. The minimum Gasteiger partial charge on any atom is -0.396 e. The molecule has 0 aromatic carbocycles. The topological polar surface area (TPSA) is 124 Å². The van der Waals surface area contributed by atoms with Crippen LogP contribution in [0.4, 0.5) is 0 Å². The third-order valence-corrected chi connectivity index (χ3v) is 7.42. The lowest BCUT2D eigenvalue weighted by Crippen LogP contribution is -2.52. The lowest BCUT2D eigenvalue weighted by atomic mass is 9.93. The maximum atomic E-state index is 12.3. The fraction of sp³-hybridized carbons (Fsp3) is 0.967. The zero-order valence-corrected chi connectivity index (χ0v) is 23.6. The van der Waals surface area contributed by atoms with Crippen LogP contribution in [0.15, 0.2) is 0 Å². The van der Waals surface area contributed by atoms with Gasteiger partial charge in [-0.05, 0) is 19.3 Å². The lowest BCUT2D eigenvalue weighted by Gasteiger charge is -2.27. The van der Waals surface area contributed by atoms with Gasteiger partial charge in [-0.3, -0.25) is 4.79 Å². The number of carbonyl (C=O) groups excluding carboxylic acids is 1. The van der Waals surface area contributed by atoms with Gasteiger partial charge in [0.25, 0.3) is 0 Å². The first-order valence-electron chi connectivity index (χ1n) is 15.4. The molecule has 0 aliphatic rings. The smallest absolute Gasteiger partial charge is 0.162 e. The summed E-state index contributed by atoms with van der Waals surface area (Å²) in [6.45, 7) is 2.52. The molecule has 4 atom stereocenters. The zero-order valence-electron chi connectivity index (χ0n) is 23.6. The van der Waals surface area contributed by atoms with Gasteiger partial charge in [-0.2, -0.15) is 0 Å². The highest BCUT2D eigenvalue weighted by atomic mass is 16.3. The van der Waals surface area contributed by atoms with Gasteiger partial charge in [0.1, 0.15) is 6.10 Å². The molecule has 0 heterocycles. The quantitative estimate of drug-likeness (QED) is 0.0820. The van der Waals surface area contributed by atoms with E-state index in [1.807, 2.05) is 0 Å². The first-order chi connectivity index (χ1) is 17.5. The Labute approximate surface area is 222 Å². The van der Waals surface area contributed by atoms with Crippen LogP contribution in [-0.4, -0.2) is 57.2 Å². The molecule has 0 fully saturated rings. The van der Waals surface area contributed by atoms with E-state index in [0.29, 0.717) is 12.8 Å². The Balaban J connectivity index is 3.76. The first-order valence-corrected chi connectivity index (χ1v) is 15.4. The predicted molar refractivity (Wildman–Crippen MR) is 150 cm³/mol. The van der Waals surface area contributed by atoms with Crippen molar-refractivity contribution in [2.75, 3.05) is 6.61 Å². The van der Waals surface area contributed by atoms with E-state index in [1.165, 1.54) is 70.6 Å². The number of hydrogen-bond donors (Lipinski definition) is 5. The molecule has 0 aliphatic heterocycles. The van der Waals surface area contributed by atoms with Crippen molar-refractivity contribution in [3.05, 3.63) is 0 Å². The van der Waals surface area contributed by atoms with Crippen LogP contribution in [0.5, 0.6) is 0 Å². The average molecular weight is 516 g/mol. The van der Waals surface area contributed by atoms with Crippen LogP contribution in [0, 0.1) is 0 Å². The molecule has 0 radical (unpaired) electrons. The van der Waals surface area contributed by atoms with Crippen LogP contribution < -0.4 is 5.73 Å². The highest BCUT2D eigenvalue weighted by Crippen LogP contribution is 2.16. The third-order valence-electron chi connectivity index (χ3n) is 7.42. The van der Waals surface area contributed by atoms with Gasteiger partial charge in [0, 0.05) is 13.0 Å². The van der Waals surface area contributed by atoms with Crippen molar-refractivity contribution >= 4 is 5.78 Å². The Kier molecular flexibility index (Phi) is 25.7. The molecule has 0 saturated heterocycles. The summed E-state index contributed by atoms with van der Waals surface area (Å²) in [6, 6.07) is -1.15. The Morgan fingerprint density at radius 1 is 0.611 bits per heavy atom. The van der Waals surface area contributed by atoms with E-state index in [2.05, 4.69) is 6.92 Å². The summed E-state index contributed by atoms with van der Waals surface area (Å²) < 4.78 is 0. The maximum Gasteiger partial charge on any atom is 0.162 e. The van der Waals surface area contributed by atoms with Gasteiger partial charge in [0.15, 0.2) is 5.78 Å². The number of carbonyl (C=O) groups is 1. The van der Waals surface area contributed by atoms with Crippen molar-refractivity contribution in [1.82, 2.24) is 0 Å². The summed E-state index contributed by atoms with van der Waals surface area (Å²) in [7, 11) is 0. The number of ketones is 1. The van der Waals surface area contributed by atoms with Crippen molar-refractivity contribution in [3.63, 3.8) is 0 Å². The average Bonchev–Trinajstić information content (AvgIpc) is 2.88. The number of hydrogen-bond acceptors (Lipinski definition) is 6. The molecule has 0 saturated carbocycles. The Morgan fingerprint density at radius 3 is 1.44 bits per heavy atom. The summed E-state index contributed by atoms with van der Waals surface area (Å²) in [4.78, 5) is 12.3. The van der Waals surface area contributed by atoms with E-state index in [1.54, 1.807) is 0 Å². The number of unbranched alkanes of at least 4 members (excludes halogenated alkanes) is 19. The van der Waals surface area contributed by atoms with Crippen LogP contribution >= 0.6 is 0 Å². The minimum atomic E-state index is -1.43. The van der Waals surface area contributed by atoms with Crippen molar-refractivity contribution in [3.8, 4) is 0 Å². The van der Waals surface area contributed by atoms with Crippen LogP contribution in [0.1, 0.15) is 155 Å². The summed E-state index contributed by atoms with van der Waals surface area (Å²) in [6.07, 6.45) is 21.1. The number of nitrogens with two attached hydrogens (primary N) is 1. The van der Waals surface area contributed by atoms with Crippen LogP contribution in [-0.2, 0) is 4.79 Å². The van der Waals surface area contributed by atoms with Crippen molar-refractivity contribution in [2.24, 2.45) is 5.73 Å². The molecule has 0 spiro atoms. The van der Waals surface area contributed by atoms with Gasteiger partial charge in [-0.25, -0.2) is 0 Å². The monoisotopic (exact) mass is 515 g/mol. The molecule has 0 bridgehead atoms. The van der Waals surface area contributed by atoms with Crippen LogP contribution in [0.2, 0.25) is 0 Å². The molecule has 6 nitrogen and oxygen atoms in total. The molecule has 0 rings (SSSR count). The van der Waals surface area contributed by atoms with Gasteiger partial charge >= 0.3 is 0 Å². The number of aliphatic hydroxyl groups excluding tert-OH is 4. The predicted octanol–water partition coefficient (Wildman–Crippen LogP) is 5.95. The molecule has 0 aromatic heterocycles. The SMILES string of the molecule is CCCCCCCCCCCCCC[C@@H](O)[C@@H](O)[C@@H](N)C(O)C(=O)CCCCCCCCCCCO. The Bertz CT molecular complexity index is 476. The van der Waals surface area contributed by atoms with E-state index in [-0.39, 0.29) is 18.8 Å². The van der Waals surface area contributed by atoms with Gasteiger partial charge in [-0.15, -0.1) is 0 Å². The van der Waals surface area contributed by atoms with Crippen molar-refractivity contribution < 1.29 is 25.2 Å². The summed E-state index contributed by atoms with van der Waals surface area (Å²) in [5.41, 5.74) is 5.92. The molecule has 0 amide bonds. The largest absolute Gasteiger partial charge is 0.396 e. The second-order valence-corrected chi connectivity index (χ2v) is 10.9. The number of aliphatic hydroxyl groups is 4. The summed E-state index contributed by atoms with van der Waals surface area (Å²) >= 11 is 0. The Morgan fingerprint density at radius 2 is 1.00 bits per heavy atom. The van der Waals surface area contributed by atoms with Crippen LogP contribution in [0.3, 0.4) is 0 Å².